The van der Waals surface area contributed by atoms with Gasteiger partial charge < -0.3 is 9.84 Å². The number of hydrogen-bond acceptors (Lipinski definition) is 2. The molecule has 0 aromatic heterocycles. The Labute approximate surface area is 116 Å². The maximum atomic E-state index is 13.7. The summed E-state index contributed by atoms with van der Waals surface area (Å²) in [5.74, 6) is -0.00801. The molecule has 1 unspecified atom stereocenters. The normalized spacial score (nSPS) is 12.2. The lowest BCUT2D eigenvalue weighted by molar-refractivity contribution is 0.173. The van der Waals surface area contributed by atoms with Gasteiger partial charge >= 0.3 is 0 Å². The second-order valence-corrected chi connectivity index (χ2v) is 4.55. The monoisotopic (exact) mass is 280 g/mol. The van der Waals surface area contributed by atoms with Gasteiger partial charge in [-0.1, -0.05) is 36.7 Å². The van der Waals surface area contributed by atoms with Crippen LogP contribution in [0.2, 0.25) is 5.02 Å². The molecule has 0 saturated carbocycles. The average Bonchev–Trinajstić information content (AvgIpc) is 2.44. The molecule has 0 spiro atoms. The first kappa shape index (κ1) is 13.8. The van der Waals surface area contributed by atoms with Crippen LogP contribution in [0, 0.1) is 5.82 Å². The number of halogens is 2. The fourth-order valence-corrected chi connectivity index (χ4v) is 1.85. The van der Waals surface area contributed by atoms with Gasteiger partial charge in [0.15, 0.2) is 11.6 Å². The number of ether oxygens (including phenoxy) is 1. The first-order valence-corrected chi connectivity index (χ1v) is 6.39. The largest absolute Gasteiger partial charge is 0.454 e. The molecule has 0 radical (unpaired) electrons. The first-order chi connectivity index (χ1) is 9.11. The number of benzene rings is 2. The van der Waals surface area contributed by atoms with E-state index in [-0.39, 0.29) is 10.8 Å². The van der Waals surface area contributed by atoms with Crippen molar-refractivity contribution >= 4 is 11.6 Å². The molecule has 2 rings (SSSR count). The molecule has 100 valence electrons. The Hall–Kier alpha value is -1.58. The highest BCUT2D eigenvalue weighted by atomic mass is 35.5. The molecule has 19 heavy (non-hydrogen) atoms. The van der Waals surface area contributed by atoms with Gasteiger partial charge in [-0.2, -0.15) is 0 Å². The molecule has 0 heterocycles. The Bertz CT molecular complexity index is 555. The Balaban J connectivity index is 2.18. The SMILES string of the molecule is CCC(O)c1ccc(Oc2cccc(Cl)c2F)cc1. The van der Waals surface area contributed by atoms with E-state index in [1.165, 1.54) is 12.1 Å². The molecule has 4 heteroatoms. The summed E-state index contributed by atoms with van der Waals surface area (Å²) in [6.07, 6.45) is 0.153. The zero-order valence-electron chi connectivity index (χ0n) is 10.4. The van der Waals surface area contributed by atoms with Crippen LogP contribution in [-0.4, -0.2) is 5.11 Å². The van der Waals surface area contributed by atoms with Crippen LogP contribution in [-0.2, 0) is 0 Å². The van der Waals surface area contributed by atoms with E-state index in [0.717, 1.165) is 5.56 Å². The Morgan fingerprint density at radius 2 is 1.89 bits per heavy atom. The van der Waals surface area contributed by atoms with E-state index in [9.17, 15) is 9.50 Å². The summed E-state index contributed by atoms with van der Waals surface area (Å²) in [5, 5.41) is 9.70. The van der Waals surface area contributed by atoms with Gasteiger partial charge in [0.05, 0.1) is 11.1 Å². The third-order valence-corrected chi connectivity index (χ3v) is 3.09. The maximum absolute atomic E-state index is 13.7. The predicted molar refractivity (Wildman–Crippen MR) is 73.2 cm³/mol. The van der Waals surface area contributed by atoms with Crippen LogP contribution in [0.1, 0.15) is 25.0 Å². The van der Waals surface area contributed by atoms with Gasteiger partial charge in [0.25, 0.3) is 0 Å². The standard InChI is InChI=1S/C15H14ClFO2/c1-2-13(18)10-6-8-11(9-7-10)19-14-5-3-4-12(16)15(14)17/h3-9,13,18H,2H2,1H3. The Kier molecular flexibility index (Phi) is 4.40. The van der Waals surface area contributed by atoms with Crippen molar-refractivity contribution < 1.29 is 14.2 Å². The summed E-state index contributed by atoms with van der Waals surface area (Å²) in [6, 6.07) is 11.5. The molecule has 0 bridgehead atoms. The second-order valence-electron chi connectivity index (χ2n) is 4.15. The molecule has 0 aliphatic rings. The number of aliphatic hydroxyl groups is 1. The summed E-state index contributed by atoms with van der Waals surface area (Å²) in [5.41, 5.74) is 0.807. The minimum Gasteiger partial charge on any atom is -0.454 e. The lowest BCUT2D eigenvalue weighted by atomic mass is 10.1. The van der Waals surface area contributed by atoms with Crippen molar-refractivity contribution in [2.75, 3.05) is 0 Å². The van der Waals surface area contributed by atoms with Crippen molar-refractivity contribution in [1.29, 1.82) is 0 Å². The summed E-state index contributed by atoms with van der Waals surface area (Å²) < 4.78 is 19.1. The molecule has 0 fully saturated rings. The number of rotatable bonds is 4. The minimum atomic E-state index is -0.582. The Morgan fingerprint density at radius 1 is 1.21 bits per heavy atom. The topological polar surface area (TPSA) is 29.5 Å². The van der Waals surface area contributed by atoms with Crippen molar-refractivity contribution in [3.63, 3.8) is 0 Å². The summed E-state index contributed by atoms with van der Waals surface area (Å²) in [7, 11) is 0. The molecule has 0 aliphatic carbocycles. The van der Waals surface area contributed by atoms with Crippen LogP contribution in [0.4, 0.5) is 4.39 Å². The summed E-state index contributed by atoms with van der Waals surface area (Å²) in [6.45, 7) is 1.90. The molecule has 2 aromatic rings. The first-order valence-electron chi connectivity index (χ1n) is 6.01. The smallest absolute Gasteiger partial charge is 0.184 e. The van der Waals surface area contributed by atoms with Crippen molar-refractivity contribution in [1.82, 2.24) is 0 Å². The molecule has 2 aromatic carbocycles. The van der Waals surface area contributed by atoms with Gasteiger partial charge in [-0.15, -0.1) is 0 Å². The van der Waals surface area contributed by atoms with Gasteiger partial charge in [-0.25, -0.2) is 4.39 Å². The predicted octanol–water partition coefficient (Wildman–Crippen LogP) is 4.71. The van der Waals surface area contributed by atoms with Gasteiger partial charge in [-0.05, 0) is 36.2 Å². The molecule has 0 saturated heterocycles. The van der Waals surface area contributed by atoms with Crippen molar-refractivity contribution in [2.24, 2.45) is 0 Å². The van der Waals surface area contributed by atoms with Crippen molar-refractivity contribution in [2.45, 2.75) is 19.4 Å². The summed E-state index contributed by atoms with van der Waals surface area (Å²) >= 11 is 5.68. The van der Waals surface area contributed by atoms with E-state index in [4.69, 9.17) is 16.3 Å². The number of hydrogen-bond donors (Lipinski definition) is 1. The van der Waals surface area contributed by atoms with Crippen LogP contribution in [0.15, 0.2) is 42.5 Å². The lowest BCUT2D eigenvalue weighted by Gasteiger charge is -2.10. The van der Waals surface area contributed by atoms with Gasteiger partial charge in [-0.3, -0.25) is 0 Å². The van der Waals surface area contributed by atoms with Crippen LogP contribution < -0.4 is 4.74 Å². The maximum Gasteiger partial charge on any atom is 0.184 e. The van der Waals surface area contributed by atoms with E-state index < -0.39 is 11.9 Å². The van der Waals surface area contributed by atoms with E-state index in [1.807, 2.05) is 6.92 Å². The molecule has 2 nitrogen and oxygen atoms in total. The highest BCUT2D eigenvalue weighted by Crippen LogP contribution is 2.29. The number of aliphatic hydroxyl groups excluding tert-OH is 1. The van der Waals surface area contributed by atoms with Crippen LogP contribution in [0.3, 0.4) is 0 Å². The zero-order chi connectivity index (χ0) is 13.8. The fraction of sp³-hybridized carbons (Fsp3) is 0.200. The molecular weight excluding hydrogens is 267 g/mol. The molecule has 1 N–H and O–H groups in total. The van der Waals surface area contributed by atoms with E-state index in [1.54, 1.807) is 30.3 Å². The molecule has 1 atom stereocenters. The third kappa shape index (κ3) is 3.25. The second kappa shape index (κ2) is 6.04. The Morgan fingerprint density at radius 3 is 2.53 bits per heavy atom. The quantitative estimate of drug-likeness (QED) is 0.878. The van der Waals surface area contributed by atoms with Crippen molar-refractivity contribution in [3.05, 3.63) is 58.9 Å². The minimum absolute atomic E-state index is 0.0236. The van der Waals surface area contributed by atoms with Crippen LogP contribution >= 0.6 is 11.6 Å². The fourth-order valence-electron chi connectivity index (χ4n) is 1.68. The van der Waals surface area contributed by atoms with Crippen LogP contribution in [0.5, 0.6) is 11.5 Å². The van der Waals surface area contributed by atoms with E-state index in [2.05, 4.69) is 0 Å². The van der Waals surface area contributed by atoms with Gasteiger partial charge in [0.2, 0.25) is 0 Å². The lowest BCUT2D eigenvalue weighted by Crippen LogP contribution is -1.95. The van der Waals surface area contributed by atoms with Crippen LogP contribution in [0.25, 0.3) is 0 Å². The highest BCUT2D eigenvalue weighted by molar-refractivity contribution is 6.30. The third-order valence-electron chi connectivity index (χ3n) is 2.80. The molecule has 0 aliphatic heterocycles. The van der Waals surface area contributed by atoms with Gasteiger partial charge in [0, 0.05) is 0 Å². The average molecular weight is 281 g/mol. The zero-order valence-corrected chi connectivity index (χ0v) is 11.2. The van der Waals surface area contributed by atoms with E-state index >= 15 is 0 Å². The van der Waals surface area contributed by atoms with Gasteiger partial charge in [0.1, 0.15) is 5.75 Å². The van der Waals surface area contributed by atoms with Crippen molar-refractivity contribution in [3.8, 4) is 11.5 Å². The molecular formula is C15H14ClFO2. The summed E-state index contributed by atoms with van der Waals surface area (Å²) in [4.78, 5) is 0. The highest BCUT2D eigenvalue weighted by Gasteiger charge is 2.09. The molecule has 0 amide bonds. The van der Waals surface area contributed by atoms with E-state index in [0.29, 0.717) is 12.2 Å².